The number of hydrogen-bond acceptors (Lipinski definition) is 3. The van der Waals surface area contributed by atoms with Crippen molar-refractivity contribution in [2.45, 2.75) is 44.2 Å². The molecule has 1 saturated carbocycles. The van der Waals surface area contributed by atoms with E-state index in [-0.39, 0.29) is 23.3 Å². The normalized spacial score (nSPS) is 26.7. The molecule has 0 radical (unpaired) electrons. The summed E-state index contributed by atoms with van der Waals surface area (Å²) in [5.41, 5.74) is 0.167. The van der Waals surface area contributed by atoms with Crippen LogP contribution in [0.4, 0.5) is 4.39 Å². The Balaban J connectivity index is 1.92. The van der Waals surface area contributed by atoms with Crippen LogP contribution in [0.2, 0.25) is 0 Å². The number of benzene rings is 1. The second-order valence-corrected chi connectivity index (χ2v) is 6.26. The van der Waals surface area contributed by atoms with Crippen molar-refractivity contribution in [2.24, 2.45) is 5.92 Å². The lowest BCUT2D eigenvalue weighted by molar-refractivity contribution is -0.141. The topological polar surface area (TPSA) is 66.8 Å². The Morgan fingerprint density at radius 2 is 2.04 bits per heavy atom. The van der Waals surface area contributed by atoms with E-state index in [2.05, 4.69) is 0 Å². The number of ether oxygens (including phenoxy) is 1. The van der Waals surface area contributed by atoms with E-state index in [4.69, 9.17) is 4.74 Å². The van der Waals surface area contributed by atoms with Crippen molar-refractivity contribution in [3.8, 4) is 5.75 Å². The highest BCUT2D eigenvalue weighted by Crippen LogP contribution is 2.40. The fourth-order valence-electron chi connectivity index (χ4n) is 3.92. The fourth-order valence-corrected chi connectivity index (χ4v) is 3.92. The molecule has 1 N–H and O–H groups in total. The molecule has 5 nitrogen and oxygen atoms in total. The lowest BCUT2D eigenvalue weighted by Crippen LogP contribution is -2.46. The smallest absolute Gasteiger partial charge is 0.326 e. The maximum atomic E-state index is 13.9. The zero-order valence-electron chi connectivity index (χ0n) is 13.0. The van der Waals surface area contributed by atoms with Gasteiger partial charge in [0.25, 0.3) is 5.91 Å². The Labute approximate surface area is 134 Å². The molecule has 1 aromatic rings. The van der Waals surface area contributed by atoms with Gasteiger partial charge in [0.05, 0.1) is 7.11 Å². The molecule has 2 fully saturated rings. The molecule has 1 heterocycles. The van der Waals surface area contributed by atoms with Gasteiger partial charge >= 0.3 is 5.97 Å². The fraction of sp³-hybridized carbons (Fsp3) is 0.529. The maximum Gasteiger partial charge on any atom is 0.326 e. The molecule has 3 atom stereocenters. The van der Waals surface area contributed by atoms with E-state index in [9.17, 15) is 19.1 Å². The third-order valence-corrected chi connectivity index (χ3v) is 5.01. The number of nitrogens with zero attached hydrogens (tertiary/aromatic N) is 1. The summed E-state index contributed by atoms with van der Waals surface area (Å²) in [5, 5.41) is 9.48. The summed E-state index contributed by atoms with van der Waals surface area (Å²) < 4.78 is 18.7. The van der Waals surface area contributed by atoms with Gasteiger partial charge in [-0.3, -0.25) is 4.79 Å². The molecule has 124 valence electrons. The van der Waals surface area contributed by atoms with Crippen molar-refractivity contribution < 1.29 is 23.8 Å². The molecule has 1 aromatic carbocycles. The predicted molar refractivity (Wildman–Crippen MR) is 80.9 cm³/mol. The van der Waals surface area contributed by atoms with E-state index < -0.39 is 23.7 Å². The van der Waals surface area contributed by atoms with Gasteiger partial charge in [-0.05, 0) is 43.4 Å². The van der Waals surface area contributed by atoms with Gasteiger partial charge in [0.2, 0.25) is 0 Å². The first kappa shape index (κ1) is 15.8. The minimum absolute atomic E-state index is 0.0532. The van der Waals surface area contributed by atoms with Gasteiger partial charge in [0, 0.05) is 11.6 Å². The number of carbonyl (C=O) groups excluding carboxylic acids is 1. The van der Waals surface area contributed by atoms with Crippen LogP contribution in [-0.4, -0.2) is 41.1 Å². The number of amides is 1. The molecule has 23 heavy (non-hydrogen) atoms. The average molecular weight is 321 g/mol. The Bertz CT molecular complexity index is 633. The van der Waals surface area contributed by atoms with Crippen LogP contribution >= 0.6 is 0 Å². The number of likely N-dealkylation sites (tertiary alicyclic amines) is 1. The van der Waals surface area contributed by atoms with E-state index in [0.717, 1.165) is 31.7 Å². The first-order chi connectivity index (χ1) is 11.0. The van der Waals surface area contributed by atoms with Gasteiger partial charge in [0.1, 0.15) is 6.04 Å². The van der Waals surface area contributed by atoms with Crippen LogP contribution in [0.3, 0.4) is 0 Å². The molecule has 1 saturated heterocycles. The van der Waals surface area contributed by atoms with Gasteiger partial charge in [-0.25, -0.2) is 9.18 Å². The molecule has 1 aliphatic carbocycles. The molecule has 2 aliphatic rings. The van der Waals surface area contributed by atoms with E-state index in [1.807, 2.05) is 0 Å². The van der Waals surface area contributed by atoms with Crippen LogP contribution in [0.5, 0.6) is 5.75 Å². The van der Waals surface area contributed by atoms with Crippen molar-refractivity contribution in [2.75, 3.05) is 7.11 Å². The summed E-state index contributed by atoms with van der Waals surface area (Å²) in [6.45, 7) is 0. The summed E-state index contributed by atoms with van der Waals surface area (Å²) in [6.07, 6.45) is 4.33. The van der Waals surface area contributed by atoms with Crippen LogP contribution in [0, 0.1) is 11.7 Å². The quantitative estimate of drug-likeness (QED) is 0.929. The summed E-state index contributed by atoms with van der Waals surface area (Å²) >= 11 is 0. The Kier molecular flexibility index (Phi) is 4.24. The first-order valence-corrected chi connectivity index (χ1v) is 7.92. The summed E-state index contributed by atoms with van der Waals surface area (Å²) in [6, 6.07) is 3.13. The Morgan fingerprint density at radius 1 is 1.30 bits per heavy atom. The van der Waals surface area contributed by atoms with Gasteiger partial charge < -0.3 is 14.7 Å². The summed E-state index contributed by atoms with van der Waals surface area (Å²) in [5.74, 6) is -1.72. The third-order valence-electron chi connectivity index (χ3n) is 5.01. The van der Waals surface area contributed by atoms with Crippen LogP contribution in [0.1, 0.15) is 42.5 Å². The van der Waals surface area contributed by atoms with E-state index >= 15 is 0 Å². The zero-order chi connectivity index (χ0) is 16.6. The number of carboxylic acids is 1. The SMILES string of the molecule is COc1ccc(C(=O)N2[C@H](C(=O)O)C[C@H]3CCCC[C@@H]32)cc1F. The molecule has 1 amide bonds. The highest BCUT2D eigenvalue weighted by molar-refractivity contribution is 5.97. The minimum Gasteiger partial charge on any atom is -0.494 e. The highest BCUT2D eigenvalue weighted by Gasteiger charge is 2.47. The molecular weight excluding hydrogens is 301 g/mol. The van der Waals surface area contributed by atoms with Crippen LogP contribution < -0.4 is 4.74 Å². The van der Waals surface area contributed by atoms with Crippen molar-refractivity contribution >= 4 is 11.9 Å². The van der Waals surface area contributed by atoms with E-state index in [1.54, 1.807) is 0 Å². The molecular formula is C17H20FNO4. The van der Waals surface area contributed by atoms with Crippen molar-refractivity contribution in [3.63, 3.8) is 0 Å². The first-order valence-electron chi connectivity index (χ1n) is 7.92. The van der Waals surface area contributed by atoms with Crippen LogP contribution in [0.15, 0.2) is 18.2 Å². The number of aliphatic carboxylic acids is 1. The lowest BCUT2D eigenvalue weighted by Gasteiger charge is -2.33. The van der Waals surface area contributed by atoms with Crippen LogP contribution in [-0.2, 0) is 4.79 Å². The number of methoxy groups -OCH3 is 1. The monoisotopic (exact) mass is 321 g/mol. The molecule has 0 bridgehead atoms. The van der Waals surface area contributed by atoms with Gasteiger partial charge in [-0.2, -0.15) is 0 Å². The second-order valence-electron chi connectivity index (χ2n) is 6.26. The molecule has 0 unspecified atom stereocenters. The molecule has 0 spiro atoms. The Hall–Kier alpha value is -2.11. The number of rotatable bonds is 3. The largest absolute Gasteiger partial charge is 0.494 e. The molecule has 0 aromatic heterocycles. The van der Waals surface area contributed by atoms with Crippen molar-refractivity contribution in [3.05, 3.63) is 29.6 Å². The van der Waals surface area contributed by atoms with E-state index in [0.29, 0.717) is 6.42 Å². The molecule has 6 heteroatoms. The minimum atomic E-state index is -0.985. The third kappa shape index (κ3) is 2.78. The van der Waals surface area contributed by atoms with Gasteiger partial charge in [-0.15, -0.1) is 0 Å². The van der Waals surface area contributed by atoms with E-state index in [1.165, 1.54) is 24.1 Å². The predicted octanol–water partition coefficient (Wildman–Crippen LogP) is 2.69. The van der Waals surface area contributed by atoms with Gasteiger partial charge in [-0.1, -0.05) is 12.8 Å². The van der Waals surface area contributed by atoms with Crippen molar-refractivity contribution in [1.29, 1.82) is 0 Å². The van der Waals surface area contributed by atoms with Crippen LogP contribution in [0.25, 0.3) is 0 Å². The average Bonchev–Trinajstić information content (AvgIpc) is 2.93. The number of fused-ring (bicyclic) bond motifs is 1. The standard InChI is InChI=1S/C17H20FNO4/c1-23-15-7-6-11(8-12(15)18)16(20)19-13-5-3-2-4-10(13)9-14(19)17(21)22/h6-8,10,13-14H,2-5,9H2,1H3,(H,21,22)/t10-,13+,14+/m1/s1. The number of halogens is 1. The van der Waals surface area contributed by atoms with Gasteiger partial charge in [0.15, 0.2) is 11.6 Å². The molecule has 3 rings (SSSR count). The summed E-state index contributed by atoms with van der Waals surface area (Å²) in [4.78, 5) is 25.9. The number of carbonyl (C=O) groups is 2. The number of carboxylic acid groups (broad SMARTS) is 1. The number of hydrogen-bond donors (Lipinski definition) is 1. The zero-order valence-corrected chi connectivity index (χ0v) is 13.0. The summed E-state index contributed by atoms with van der Waals surface area (Å²) in [7, 11) is 1.35. The van der Waals surface area contributed by atoms with Crippen molar-refractivity contribution in [1.82, 2.24) is 4.90 Å². The lowest BCUT2D eigenvalue weighted by atomic mass is 9.84. The molecule has 1 aliphatic heterocycles. The highest BCUT2D eigenvalue weighted by atomic mass is 19.1. The maximum absolute atomic E-state index is 13.9. The Morgan fingerprint density at radius 3 is 2.70 bits per heavy atom. The second kappa shape index (κ2) is 6.18.